The number of carbonyl (C=O) groups is 2. The fourth-order valence-corrected chi connectivity index (χ4v) is 2.71. The van der Waals surface area contributed by atoms with E-state index in [9.17, 15) is 27.2 Å². The molecule has 154 valence electrons. The molecule has 1 aliphatic rings. The normalized spacial score (nSPS) is 14.1. The molecule has 0 bridgehead atoms. The zero-order chi connectivity index (χ0) is 21.0. The molecule has 1 unspecified atom stereocenters. The average Bonchev–Trinajstić information content (AvgIpc) is 3.48. The highest BCUT2D eigenvalue weighted by Gasteiger charge is 2.32. The monoisotopic (exact) mass is 410 g/mol. The summed E-state index contributed by atoms with van der Waals surface area (Å²) in [5, 5.41) is 9.68. The lowest BCUT2D eigenvalue weighted by Crippen LogP contribution is -2.47. The Kier molecular flexibility index (Phi) is 6.20. The first-order valence-corrected chi connectivity index (χ1v) is 8.84. The van der Waals surface area contributed by atoms with Crippen LogP contribution in [0, 0.1) is 29.2 Å². The molecule has 0 spiro atoms. The van der Waals surface area contributed by atoms with Gasteiger partial charge < -0.3 is 21.3 Å². The van der Waals surface area contributed by atoms with Crippen molar-refractivity contribution >= 4 is 23.4 Å². The van der Waals surface area contributed by atoms with Crippen molar-refractivity contribution in [2.24, 2.45) is 5.92 Å². The first kappa shape index (κ1) is 20.4. The summed E-state index contributed by atoms with van der Waals surface area (Å²) in [7, 11) is 0. The number of hydrogen-bond acceptors (Lipinski definition) is 2. The molecule has 1 saturated carbocycles. The fourth-order valence-electron chi connectivity index (χ4n) is 2.71. The number of nitrogens with one attached hydrogen (secondary N) is 4. The molecule has 0 saturated heterocycles. The van der Waals surface area contributed by atoms with Crippen molar-refractivity contribution < 1.29 is 27.2 Å². The molecule has 2 aromatic rings. The summed E-state index contributed by atoms with van der Waals surface area (Å²) in [5.74, 6) is -3.24. The third kappa shape index (κ3) is 5.84. The number of amides is 4. The Labute approximate surface area is 163 Å². The van der Waals surface area contributed by atoms with E-state index in [1.165, 1.54) is 0 Å². The second-order valence-corrected chi connectivity index (χ2v) is 6.63. The number of urea groups is 2. The van der Waals surface area contributed by atoms with E-state index in [0.717, 1.165) is 37.1 Å². The topological polar surface area (TPSA) is 82.3 Å². The maximum atomic E-state index is 13.6. The summed E-state index contributed by atoms with van der Waals surface area (Å²) >= 11 is 0. The standard InChI is InChI=1S/C19H18F4N4O2/c20-11-3-5-15(13(22)7-11)25-18(28)24-9-17(10-1-2-10)27-19(29)26-16-6-4-12(21)8-14(16)23/h3-8,10,17H,1-2,9H2,(H2,24,25,28)(H2,26,27,29). The lowest BCUT2D eigenvalue weighted by Gasteiger charge is -2.19. The highest BCUT2D eigenvalue weighted by atomic mass is 19.1. The van der Waals surface area contributed by atoms with Crippen LogP contribution in [0.3, 0.4) is 0 Å². The zero-order valence-corrected chi connectivity index (χ0v) is 15.1. The fraction of sp³-hybridized carbons (Fsp3) is 0.263. The quantitative estimate of drug-likeness (QED) is 0.544. The molecule has 10 heteroatoms. The Morgan fingerprint density at radius 3 is 1.86 bits per heavy atom. The van der Waals surface area contributed by atoms with E-state index >= 15 is 0 Å². The molecule has 4 amide bonds. The lowest BCUT2D eigenvalue weighted by atomic mass is 10.2. The predicted molar refractivity (Wildman–Crippen MR) is 98.4 cm³/mol. The van der Waals surface area contributed by atoms with Gasteiger partial charge in [-0.15, -0.1) is 0 Å². The Morgan fingerprint density at radius 1 is 0.862 bits per heavy atom. The zero-order valence-electron chi connectivity index (χ0n) is 15.1. The molecule has 0 heterocycles. The van der Waals surface area contributed by atoms with Gasteiger partial charge in [-0.05, 0) is 43.0 Å². The van der Waals surface area contributed by atoms with Gasteiger partial charge in [0.25, 0.3) is 0 Å². The van der Waals surface area contributed by atoms with Crippen molar-refractivity contribution in [2.75, 3.05) is 17.2 Å². The summed E-state index contributed by atoms with van der Waals surface area (Å²) in [6.45, 7) is 0.0403. The van der Waals surface area contributed by atoms with Gasteiger partial charge in [0.15, 0.2) is 0 Å². The molecule has 6 nitrogen and oxygen atoms in total. The molecule has 0 radical (unpaired) electrons. The molecular formula is C19H18F4N4O2. The average molecular weight is 410 g/mol. The molecule has 1 aliphatic carbocycles. The highest BCUT2D eigenvalue weighted by Crippen LogP contribution is 2.32. The van der Waals surface area contributed by atoms with Crippen molar-refractivity contribution in [3.05, 3.63) is 59.7 Å². The Bertz CT molecular complexity index is 921. The second kappa shape index (κ2) is 8.80. The van der Waals surface area contributed by atoms with E-state index in [-0.39, 0.29) is 23.8 Å². The third-order valence-electron chi connectivity index (χ3n) is 4.35. The predicted octanol–water partition coefficient (Wildman–Crippen LogP) is 3.96. The van der Waals surface area contributed by atoms with Gasteiger partial charge >= 0.3 is 12.1 Å². The van der Waals surface area contributed by atoms with Crippen LogP contribution in [-0.4, -0.2) is 24.6 Å². The van der Waals surface area contributed by atoms with Gasteiger partial charge in [-0.1, -0.05) is 0 Å². The van der Waals surface area contributed by atoms with Gasteiger partial charge in [0, 0.05) is 18.7 Å². The largest absolute Gasteiger partial charge is 0.336 e. The van der Waals surface area contributed by atoms with Gasteiger partial charge in [0.2, 0.25) is 0 Å². The number of rotatable bonds is 6. The Balaban J connectivity index is 1.52. The molecule has 3 rings (SSSR count). The van der Waals surface area contributed by atoms with Crippen LogP contribution in [-0.2, 0) is 0 Å². The summed E-state index contributed by atoms with van der Waals surface area (Å²) < 4.78 is 53.0. The first-order valence-electron chi connectivity index (χ1n) is 8.84. The van der Waals surface area contributed by atoms with Crippen molar-refractivity contribution in [3.63, 3.8) is 0 Å². The second-order valence-electron chi connectivity index (χ2n) is 6.63. The molecule has 1 atom stereocenters. The minimum absolute atomic E-state index is 0.0403. The molecule has 0 aromatic heterocycles. The number of halogens is 4. The van der Waals surface area contributed by atoms with E-state index in [0.29, 0.717) is 12.1 Å². The minimum atomic E-state index is -0.919. The van der Waals surface area contributed by atoms with Gasteiger partial charge in [-0.2, -0.15) is 0 Å². The number of anilines is 2. The van der Waals surface area contributed by atoms with E-state index in [1.807, 2.05) is 0 Å². The number of hydrogen-bond donors (Lipinski definition) is 4. The molecule has 2 aromatic carbocycles. The summed E-state index contributed by atoms with van der Waals surface area (Å²) in [6, 6.07) is 3.61. The van der Waals surface area contributed by atoms with E-state index in [4.69, 9.17) is 0 Å². The van der Waals surface area contributed by atoms with Crippen LogP contribution < -0.4 is 21.3 Å². The van der Waals surface area contributed by atoms with Gasteiger partial charge in [0.1, 0.15) is 23.3 Å². The molecular weight excluding hydrogens is 392 g/mol. The van der Waals surface area contributed by atoms with Crippen LogP contribution in [0.4, 0.5) is 38.5 Å². The van der Waals surface area contributed by atoms with Crippen LogP contribution in [0.5, 0.6) is 0 Å². The van der Waals surface area contributed by atoms with E-state index in [1.54, 1.807) is 0 Å². The summed E-state index contributed by atoms with van der Waals surface area (Å²) in [4.78, 5) is 24.1. The first-order chi connectivity index (χ1) is 13.8. The number of benzene rings is 2. The summed E-state index contributed by atoms with van der Waals surface area (Å²) in [5.41, 5.74) is -0.375. The molecule has 29 heavy (non-hydrogen) atoms. The minimum Gasteiger partial charge on any atom is -0.336 e. The highest BCUT2D eigenvalue weighted by molar-refractivity contribution is 5.90. The molecule has 4 N–H and O–H groups in total. The lowest BCUT2D eigenvalue weighted by molar-refractivity contribution is 0.242. The van der Waals surface area contributed by atoms with Crippen LogP contribution >= 0.6 is 0 Å². The maximum absolute atomic E-state index is 13.6. The Morgan fingerprint density at radius 2 is 1.38 bits per heavy atom. The number of carbonyl (C=O) groups excluding carboxylic acids is 2. The van der Waals surface area contributed by atoms with Crippen molar-refractivity contribution in [1.82, 2.24) is 10.6 Å². The van der Waals surface area contributed by atoms with Crippen LogP contribution in [0.1, 0.15) is 12.8 Å². The van der Waals surface area contributed by atoms with Gasteiger partial charge in [0.05, 0.1) is 17.4 Å². The molecule has 1 fully saturated rings. The Hall–Kier alpha value is -3.30. The molecule has 0 aliphatic heterocycles. The van der Waals surface area contributed by atoms with E-state index in [2.05, 4.69) is 21.3 Å². The smallest absolute Gasteiger partial charge is 0.319 e. The van der Waals surface area contributed by atoms with Crippen LogP contribution in [0.15, 0.2) is 36.4 Å². The van der Waals surface area contributed by atoms with Crippen LogP contribution in [0.2, 0.25) is 0 Å². The van der Waals surface area contributed by atoms with Crippen LogP contribution in [0.25, 0.3) is 0 Å². The SMILES string of the molecule is O=C(NCC(NC(=O)Nc1ccc(F)cc1F)C1CC1)Nc1ccc(F)cc1F. The summed E-state index contributed by atoms with van der Waals surface area (Å²) in [6.07, 6.45) is 1.68. The van der Waals surface area contributed by atoms with Crippen molar-refractivity contribution in [2.45, 2.75) is 18.9 Å². The van der Waals surface area contributed by atoms with E-state index < -0.39 is 41.4 Å². The van der Waals surface area contributed by atoms with Crippen molar-refractivity contribution in [3.8, 4) is 0 Å². The third-order valence-corrected chi connectivity index (χ3v) is 4.35. The van der Waals surface area contributed by atoms with Gasteiger partial charge in [-0.3, -0.25) is 0 Å². The van der Waals surface area contributed by atoms with Crippen molar-refractivity contribution in [1.29, 1.82) is 0 Å². The van der Waals surface area contributed by atoms with Gasteiger partial charge in [-0.25, -0.2) is 27.2 Å². The maximum Gasteiger partial charge on any atom is 0.319 e.